The molecule has 0 bridgehead atoms. The van der Waals surface area contributed by atoms with E-state index in [-0.39, 0.29) is 0 Å². The highest BCUT2D eigenvalue weighted by atomic mass is 16.5. The van der Waals surface area contributed by atoms with Gasteiger partial charge in [-0.1, -0.05) is 229 Å². The molecule has 3 aromatic carbocycles. The molecule has 0 saturated heterocycles. The molecule has 52 heavy (non-hydrogen) atoms. The predicted octanol–water partition coefficient (Wildman–Crippen LogP) is 16.7. The van der Waals surface area contributed by atoms with E-state index in [2.05, 4.69) is 86.6 Å². The standard InChI is InChI=1S/C50H78O2/c1-3-5-7-9-11-13-15-17-19-21-23-25-27-29-43-51-49-39-35-47(36-40-49)45-31-33-46(34-32-45)48-37-41-50(42-38-48)52-44-30-28-26-24-22-20-18-16-14-12-10-8-6-4-2/h31-42H,3-30,43-44H2,1-2H3. The fraction of sp³-hybridized carbons (Fsp3) is 0.640. The molecule has 0 atom stereocenters. The van der Waals surface area contributed by atoms with Gasteiger partial charge in [0.15, 0.2) is 0 Å². The van der Waals surface area contributed by atoms with Crippen molar-refractivity contribution in [1.82, 2.24) is 0 Å². The lowest BCUT2D eigenvalue weighted by molar-refractivity contribution is 0.304. The number of ether oxygens (including phenoxy) is 2. The second kappa shape index (κ2) is 30.7. The van der Waals surface area contributed by atoms with Crippen molar-refractivity contribution in [2.24, 2.45) is 0 Å². The van der Waals surface area contributed by atoms with Gasteiger partial charge in [0.2, 0.25) is 0 Å². The molecule has 2 heteroatoms. The minimum Gasteiger partial charge on any atom is -0.494 e. The average Bonchev–Trinajstić information content (AvgIpc) is 3.18. The van der Waals surface area contributed by atoms with E-state index in [9.17, 15) is 0 Å². The molecule has 3 rings (SSSR count). The zero-order chi connectivity index (χ0) is 36.6. The van der Waals surface area contributed by atoms with Crippen LogP contribution in [0.15, 0.2) is 72.8 Å². The SMILES string of the molecule is CCCCCCCCCCCCCCCCOc1ccc(-c2ccc(-c3ccc(OCCCCCCCCCCCCCCCC)cc3)cc2)cc1. The lowest BCUT2D eigenvalue weighted by Crippen LogP contribution is -1.97. The molecule has 0 heterocycles. The van der Waals surface area contributed by atoms with E-state index in [1.165, 1.54) is 189 Å². The highest BCUT2D eigenvalue weighted by molar-refractivity contribution is 5.71. The number of hydrogen-bond acceptors (Lipinski definition) is 2. The van der Waals surface area contributed by atoms with Crippen LogP contribution in [0.2, 0.25) is 0 Å². The van der Waals surface area contributed by atoms with Gasteiger partial charge in [0.05, 0.1) is 13.2 Å². The van der Waals surface area contributed by atoms with Gasteiger partial charge in [-0.2, -0.15) is 0 Å². The summed E-state index contributed by atoms with van der Waals surface area (Å²) in [6, 6.07) is 26.1. The lowest BCUT2D eigenvalue weighted by Gasteiger charge is -2.09. The van der Waals surface area contributed by atoms with Crippen molar-refractivity contribution in [3.8, 4) is 33.8 Å². The Balaban J connectivity index is 1.18. The van der Waals surface area contributed by atoms with Crippen LogP contribution in [0, 0.1) is 0 Å². The summed E-state index contributed by atoms with van der Waals surface area (Å²) in [4.78, 5) is 0. The summed E-state index contributed by atoms with van der Waals surface area (Å²) in [5.74, 6) is 1.95. The molecule has 0 spiro atoms. The topological polar surface area (TPSA) is 18.5 Å². The van der Waals surface area contributed by atoms with Crippen LogP contribution in [0.4, 0.5) is 0 Å². The molecule has 0 aromatic heterocycles. The Morgan fingerprint density at radius 1 is 0.250 bits per heavy atom. The number of unbranched alkanes of at least 4 members (excludes halogenated alkanes) is 26. The van der Waals surface area contributed by atoms with Crippen LogP contribution in [0.25, 0.3) is 22.3 Å². The van der Waals surface area contributed by atoms with Crippen molar-refractivity contribution in [3.63, 3.8) is 0 Å². The van der Waals surface area contributed by atoms with Crippen molar-refractivity contribution in [2.75, 3.05) is 13.2 Å². The molecule has 0 N–H and O–H groups in total. The first-order valence-electron chi connectivity index (χ1n) is 22.4. The fourth-order valence-electron chi connectivity index (χ4n) is 7.32. The molecule has 0 amide bonds. The maximum absolute atomic E-state index is 6.05. The van der Waals surface area contributed by atoms with Crippen LogP contribution in [0.5, 0.6) is 11.5 Å². The van der Waals surface area contributed by atoms with Crippen molar-refractivity contribution in [1.29, 1.82) is 0 Å². The molecule has 0 radical (unpaired) electrons. The third kappa shape index (κ3) is 21.1. The average molecular weight is 711 g/mol. The Kier molecular flexibility index (Phi) is 25.8. The van der Waals surface area contributed by atoms with E-state index in [0.717, 1.165) is 37.6 Å². The Hall–Kier alpha value is -2.74. The zero-order valence-electron chi connectivity index (χ0n) is 34.0. The zero-order valence-corrected chi connectivity index (χ0v) is 34.0. The Bertz CT molecular complexity index is 1100. The van der Waals surface area contributed by atoms with Crippen molar-refractivity contribution >= 4 is 0 Å². The van der Waals surface area contributed by atoms with E-state index in [1.807, 2.05) is 0 Å². The van der Waals surface area contributed by atoms with Gasteiger partial charge in [0.25, 0.3) is 0 Å². The van der Waals surface area contributed by atoms with Crippen LogP contribution in [-0.2, 0) is 0 Å². The second-order valence-electron chi connectivity index (χ2n) is 15.5. The summed E-state index contributed by atoms with van der Waals surface area (Å²) in [6.45, 7) is 6.22. The highest BCUT2D eigenvalue weighted by Crippen LogP contribution is 2.28. The molecule has 0 aliphatic carbocycles. The monoisotopic (exact) mass is 711 g/mol. The van der Waals surface area contributed by atoms with Crippen LogP contribution in [-0.4, -0.2) is 13.2 Å². The van der Waals surface area contributed by atoms with Crippen molar-refractivity contribution < 1.29 is 9.47 Å². The van der Waals surface area contributed by atoms with E-state index < -0.39 is 0 Å². The smallest absolute Gasteiger partial charge is 0.119 e. The number of rotatable bonds is 34. The van der Waals surface area contributed by atoms with E-state index >= 15 is 0 Å². The summed E-state index contributed by atoms with van der Waals surface area (Å²) in [6.07, 6.45) is 38.7. The second-order valence-corrected chi connectivity index (χ2v) is 15.5. The summed E-state index contributed by atoms with van der Waals surface area (Å²) in [7, 11) is 0. The van der Waals surface area contributed by atoms with Gasteiger partial charge >= 0.3 is 0 Å². The predicted molar refractivity (Wildman–Crippen MR) is 229 cm³/mol. The van der Waals surface area contributed by atoms with Crippen molar-refractivity contribution in [2.45, 2.75) is 194 Å². The van der Waals surface area contributed by atoms with E-state index in [1.54, 1.807) is 0 Å². The van der Waals surface area contributed by atoms with Gasteiger partial charge < -0.3 is 9.47 Å². The Labute approximate surface area is 321 Å². The molecule has 3 aromatic rings. The third-order valence-electron chi connectivity index (χ3n) is 10.8. The van der Waals surface area contributed by atoms with Gasteiger partial charge in [0.1, 0.15) is 11.5 Å². The first kappa shape index (κ1) is 43.7. The van der Waals surface area contributed by atoms with Crippen LogP contribution in [0.3, 0.4) is 0 Å². The Morgan fingerprint density at radius 2 is 0.442 bits per heavy atom. The van der Waals surface area contributed by atoms with Crippen LogP contribution in [0.1, 0.15) is 194 Å². The lowest BCUT2D eigenvalue weighted by atomic mass is 10.0. The molecule has 0 fully saturated rings. The summed E-state index contributed by atoms with van der Waals surface area (Å²) in [5, 5.41) is 0. The molecular formula is C50H78O2. The summed E-state index contributed by atoms with van der Waals surface area (Å²) >= 11 is 0. The summed E-state index contributed by atoms with van der Waals surface area (Å²) < 4.78 is 12.1. The van der Waals surface area contributed by atoms with Gasteiger partial charge in [-0.05, 0) is 59.4 Å². The van der Waals surface area contributed by atoms with Gasteiger partial charge in [-0.25, -0.2) is 0 Å². The molecule has 2 nitrogen and oxygen atoms in total. The molecule has 0 saturated carbocycles. The van der Waals surface area contributed by atoms with Gasteiger partial charge in [0, 0.05) is 0 Å². The summed E-state index contributed by atoms with van der Waals surface area (Å²) in [5.41, 5.74) is 4.91. The maximum Gasteiger partial charge on any atom is 0.119 e. The highest BCUT2D eigenvalue weighted by Gasteiger charge is 2.04. The maximum atomic E-state index is 6.05. The normalized spacial score (nSPS) is 11.3. The molecule has 0 aliphatic heterocycles. The first-order chi connectivity index (χ1) is 25.8. The quantitative estimate of drug-likeness (QED) is 0.0575. The molecule has 0 unspecified atom stereocenters. The van der Waals surface area contributed by atoms with Crippen molar-refractivity contribution in [3.05, 3.63) is 72.8 Å². The largest absolute Gasteiger partial charge is 0.494 e. The minimum atomic E-state index is 0.815. The van der Waals surface area contributed by atoms with Gasteiger partial charge in [-0.15, -0.1) is 0 Å². The third-order valence-corrected chi connectivity index (χ3v) is 10.8. The van der Waals surface area contributed by atoms with Gasteiger partial charge in [-0.3, -0.25) is 0 Å². The van der Waals surface area contributed by atoms with E-state index in [4.69, 9.17) is 9.47 Å². The van der Waals surface area contributed by atoms with Crippen LogP contribution >= 0.6 is 0 Å². The van der Waals surface area contributed by atoms with E-state index in [0.29, 0.717) is 0 Å². The minimum absolute atomic E-state index is 0.815. The molecular weight excluding hydrogens is 633 g/mol. The number of benzene rings is 3. The fourth-order valence-corrected chi connectivity index (χ4v) is 7.32. The first-order valence-corrected chi connectivity index (χ1v) is 22.4. The molecule has 290 valence electrons. The Morgan fingerprint density at radius 3 is 0.673 bits per heavy atom. The molecule has 0 aliphatic rings. The van der Waals surface area contributed by atoms with Crippen LogP contribution < -0.4 is 9.47 Å². The number of hydrogen-bond donors (Lipinski definition) is 0.